The molecular weight excluding hydrogens is 709 g/mol. The zero-order valence-electron chi connectivity index (χ0n) is 40.5. The van der Waals surface area contributed by atoms with Crippen LogP contribution < -0.4 is 5.32 Å². The van der Waals surface area contributed by atoms with Gasteiger partial charge in [0.2, 0.25) is 23.6 Å². The number of nitrogens with zero attached hydrogens (tertiary/aromatic N) is 3. The van der Waals surface area contributed by atoms with Gasteiger partial charge in [0.25, 0.3) is 0 Å². The first-order valence-corrected chi connectivity index (χ1v) is 20.7. The molecule has 0 aromatic heterocycles. The predicted octanol–water partition coefficient (Wildman–Crippen LogP) is 10.1. The maximum atomic E-state index is 12.2. The van der Waals surface area contributed by atoms with Gasteiger partial charge >= 0.3 is 0 Å². The summed E-state index contributed by atoms with van der Waals surface area (Å²) in [5.41, 5.74) is 2.48. The van der Waals surface area contributed by atoms with Crippen molar-refractivity contribution < 1.29 is 19.2 Å². The first-order valence-electron chi connectivity index (χ1n) is 20.7. The molecule has 0 heterocycles. The summed E-state index contributed by atoms with van der Waals surface area (Å²) in [6.07, 6.45) is 0.807. The van der Waals surface area contributed by atoms with Crippen molar-refractivity contribution in [2.45, 2.75) is 124 Å². The van der Waals surface area contributed by atoms with E-state index in [1.165, 1.54) is 5.56 Å². The second-order valence-electron chi connectivity index (χ2n) is 20.8. The molecule has 4 amide bonds. The van der Waals surface area contributed by atoms with Crippen LogP contribution in [0.4, 0.5) is 0 Å². The Balaban J connectivity index is 0. The zero-order valence-corrected chi connectivity index (χ0v) is 40.5. The first kappa shape index (κ1) is 55.4. The SMILES string of the molecule is CC(C(=O)N(C)C)C(C)(C)C.CC(C(=O)NCc1ccccc1)C(C)(C)C.CC(C)C(C(=O)N(C)C)C(C)(C)C.CN(C)C(=O)C(Cc1ccccc1)C(C)(C)C. The van der Waals surface area contributed by atoms with Gasteiger partial charge in [-0.1, -0.05) is 171 Å². The van der Waals surface area contributed by atoms with Crippen molar-refractivity contribution in [3.05, 3.63) is 71.8 Å². The van der Waals surface area contributed by atoms with Gasteiger partial charge < -0.3 is 20.0 Å². The molecule has 0 aliphatic heterocycles. The molecule has 8 heteroatoms. The molecule has 2 rings (SSSR count). The fraction of sp³-hybridized carbons (Fsp3) is 0.673. The van der Waals surface area contributed by atoms with Crippen LogP contribution in [0.2, 0.25) is 0 Å². The standard InChI is InChI=1S/C15H23NO.C14H21NO.C11H23NO.C9H19NO/c1-15(2,3)13(14(17)16(4)5)11-12-9-7-6-8-10-12;1-11(14(2,3)4)13(16)15-10-12-8-6-5-7-9-12;1-8(2)9(11(3,4)5)10(13)12(6)7;1-7(9(2,3)4)8(11)10(5)6/h6-10,13H,11H2,1-5H3;5-9,11H,10H2,1-4H3,(H,15,16);8-9H,1-7H3;7H,1-6H3. The van der Waals surface area contributed by atoms with Crippen LogP contribution in [0.5, 0.6) is 0 Å². The molecule has 0 saturated heterocycles. The lowest BCUT2D eigenvalue weighted by Crippen LogP contribution is -2.40. The van der Waals surface area contributed by atoms with Crippen LogP contribution >= 0.6 is 0 Å². The summed E-state index contributed by atoms with van der Waals surface area (Å²) in [6.45, 7) is 34.0. The summed E-state index contributed by atoms with van der Waals surface area (Å²) >= 11 is 0. The Bertz CT molecular complexity index is 1460. The molecule has 4 unspecified atom stereocenters. The molecule has 0 aliphatic rings. The van der Waals surface area contributed by atoms with Crippen LogP contribution in [0, 0.1) is 51.2 Å². The highest BCUT2D eigenvalue weighted by Crippen LogP contribution is 2.33. The number of rotatable bonds is 9. The number of nitrogens with one attached hydrogen (secondary N) is 1. The highest BCUT2D eigenvalue weighted by molar-refractivity contribution is 5.80. The molecule has 0 radical (unpaired) electrons. The van der Waals surface area contributed by atoms with E-state index in [9.17, 15) is 19.2 Å². The topological polar surface area (TPSA) is 90.0 Å². The predicted molar refractivity (Wildman–Crippen MR) is 242 cm³/mol. The highest BCUT2D eigenvalue weighted by atomic mass is 16.2. The van der Waals surface area contributed by atoms with Crippen LogP contribution in [-0.2, 0) is 32.1 Å². The molecule has 0 bridgehead atoms. The van der Waals surface area contributed by atoms with E-state index in [0.717, 1.165) is 12.0 Å². The quantitative estimate of drug-likeness (QED) is 0.274. The van der Waals surface area contributed by atoms with Crippen molar-refractivity contribution in [2.75, 3.05) is 42.3 Å². The number of amides is 4. The smallest absolute Gasteiger partial charge is 0.226 e. The van der Waals surface area contributed by atoms with Gasteiger partial charge in [0, 0.05) is 72.5 Å². The average molecular weight is 795 g/mol. The molecule has 0 spiro atoms. The number of hydrogen-bond donors (Lipinski definition) is 1. The Hall–Kier alpha value is -3.68. The summed E-state index contributed by atoms with van der Waals surface area (Å²) in [6, 6.07) is 20.2. The molecule has 0 aliphatic carbocycles. The van der Waals surface area contributed by atoms with E-state index in [-0.39, 0.29) is 69.0 Å². The number of benzene rings is 2. The third kappa shape index (κ3) is 22.2. The molecule has 0 fully saturated rings. The Morgan fingerprint density at radius 2 is 0.860 bits per heavy atom. The molecular formula is C49H86N4O4. The second-order valence-corrected chi connectivity index (χ2v) is 20.8. The summed E-state index contributed by atoms with van der Waals surface area (Å²) in [5, 5.41) is 2.97. The number of hydrogen-bond acceptors (Lipinski definition) is 4. The molecule has 57 heavy (non-hydrogen) atoms. The Morgan fingerprint density at radius 3 is 1.12 bits per heavy atom. The normalized spacial score (nSPS) is 13.7. The van der Waals surface area contributed by atoms with Crippen LogP contribution in [0.1, 0.15) is 122 Å². The van der Waals surface area contributed by atoms with Crippen LogP contribution in [-0.4, -0.2) is 80.6 Å². The van der Waals surface area contributed by atoms with Gasteiger partial charge in [-0.05, 0) is 45.1 Å². The molecule has 8 nitrogen and oxygen atoms in total. The highest BCUT2D eigenvalue weighted by Gasteiger charge is 2.35. The van der Waals surface area contributed by atoms with Gasteiger partial charge in [-0.25, -0.2) is 0 Å². The zero-order chi connectivity index (χ0) is 45.3. The molecule has 2 aromatic rings. The summed E-state index contributed by atoms with van der Waals surface area (Å²) in [7, 11) is 10.9. The van der Waals surface area contributed by atoms with Crippen LogP contribution in [0.25, 0.3) is 0 Å². The monoisotopic (exact) mass is 795 g/mol. The van der Waals surface area contributed by atoms with Gasteiger partial charge in [-0.3, -0.25) is 19.2 Å². The lowest BCUT2D eigenvalue weighted by molar-refractivity contribution is -0.138. The maximum Gasteiger partial charge on any atom is 0.226 e. The number of carbonyl (C=O) groups is 4. The van der Waals surface area contributed by atoms with Crippen LogP contribution in [0.15, 0.2) is 60.7 Å². The van der Waals surface area contributed by atoms with Crippen molar-refractivity contribution in [3.8, 4) is 0 Å². The maximum absolute atomic E-state index is 12.2. The van der Waals surface area contributed by atoms with Gasteiger partial charge in [-0.2, -0.15) is 0 Å². The molecule has 4 atom stereocenters. The van der Waals surface area contributed by atoms with E-state index >= 15 is 0 Å². The van der Waals surface area contributed by atoms with Crippen molar-refractivity contribution in [1.82, 2.24) is 20.0 Å². The van der Waals surface area contributed by atoms with Crippen molar-refractivity contribution >= 4 is 23.6 Å². The van der Waals surface area contributed by atoms with Crippen molar-refractivity contribution in [1.29, 1.82) is 0 Å². The van der Waals surface area contributed by atoms with E-state index < -0.39 is 0 Å². The van der Waals surface area contributed by atoms with Gasteiger partial charge in [0.1, 0.15) is 0 Å². The molecule has 326 valence electrons. The minimum absolute atomic E-state index is 0.0147. The molecule has 2 aromatic carbocycles. The van der Waals surface area contributed by atoms with E-state index in [2.05, 4.69) is 114 Å². The van der Waals surface area contributed by atoms with Crippen molar-refractivity contribution in [2.24, 2.45) is 51.2 Å². The third-order valence-corrected chi connectivity index (χ3v) is 10.5. The average Bonchev–Trinajstić information content (AvgIpc) is 3.07. The van der Waals surface area contributed by atoms with Gasteiger partial charge in [0.15, 0.2) is 0 Å². The first-order chi connectivity index (χ1) is 25.7. The largest absolute Gasteiger partial charge is 0.352 e. The summed E-state index contributed by atoms with van der Waals surface area (Å²) in [4.78, 5) is 52.4. The van der Waals surface area contributed by atoms with Gasteiger partial charge in [0.05, 0.1) is 0 Å². The van der Waals surface area contributed by atoms with Crippen molar-refractivity contribution in [3.63, 3.8) is 0 Å². The fourth-order valence-corrected chi connectivity index (χ4v) is 5.95. The lowest BCUT2D eigenvalue weighted by atomic mass is 9.73. The van der Waals surface area contributed by atoms with Gasteiger partial charge in [-0.15, -0.1) is 0 Å². The van der Waals surface area contributed by atoms with E-state index in [0.29, 0.717) is 12.5 Å². The third-order valence-electron chi connectivity index (χ3n) is 10.5. The summed E-state index contributed by atoms with van der Waals surface area (Å²) < 4.78 is 0. The van der Waals surface area contributed by atoms with Crippen LogP contribution in [0.3, 0.4) is 0 Å². The van der Waals surface area contributed by atoms with E-state index in [4.69, 9.17) is 0 Å². The second kappa shape index (κ2) is 24.3. The molecule has 0 saturated carbocycles. The lowest BCUT2D eigenvalue weighted by Gasteiger charge is -2.34. The molecule has 1 N–H and O–H groups in total. The van der Waals surface area contributed by atoms with E-state index in [1.807, 2.05) is 90.6 Å². The summed E-state index contributed by atoms with van der Waals surface area (Å²) in [5.74, 6) is 1.43. The number of carbonyl (C=O) groups excluding carboxylic acids is 4. The Labute approximate surface area is 350 Å². The Morgan fingerprint density at radius 1 is 0.491 bits per heavy atom. The minimum Gasteiger partial charge on any atom is -0.352 e. The fourth-order valence-electron chi connectivity index (χ4n) is 5.95. The van der Waals surface area contributed by atoms with E-state index in [1.54, 1.807) is 28.8 Å². The Kier molecular flexibility index (Phi) is 23.6. The minimum atomic E-state index is -0.0167.